The van der Waals surface area contributed by atoms with Crippen molar-refractivity contribution in [3.63, 3.8) is 0 Å². The van der Waals surface area contributed by atoms with Crippen molar-refractivity contribution in [2.24, 2.45) is 0 Å². The molecule has 0 bridgehead atoms. The van der Waals surface area contributed by atoms with E-state index in [0.29, 0.717) is 19.8 Å². The Labute approximate surface area is 155 Å². The van der Waals surface area contributed by atoms with Crippen molar-refractivity contribution in [2.75, 3.05) is 26.3 Å². The molecule has 0 spiro atoms. The number of nitrogens with one attached hydrogen (secondary N) is 1. The normalized spacial score (nSPS) is 16.6. The van der Waals surface area contributed by atoms with Crippen molar-refractivity contribution >= 4 is 6.03 Å². The Kier molecular flexibility index (Phi) is 7.02. The lowest BCUT2D eigenvalue weighted by molar-refractivity contribution is 0.134. The van der Waals surface area contributed by atoms with Gasteiger partial charge in [0.05, 0.1) is 12.6 Å². The van der Waals surface area contributed by atoms with Gasteiger partial charge in [0, 0.05) is 32.1 Å². The zero-order valence-corrected chi connectivity index (χ0v) is 15.1. The first-order chi connectivity index (χ1) is 12.8. The average Bonchev–Trinajstić information content (AvgIpc) is 3.18. The highest BCUT2D eigenvalue weighted by Crippen LogP contribution is 2.31. The summed E-state index contributed by atoms with van der Waals surface area (Å²) in [6.07, 6.45) is 7.39. The molecule has 26 heavy (non-hydrogen) atoms. The Balaban J connectivity index is 1.31. The highest BCUT2D eigenvalue weighted by molar-refractivity contribution is 5.75. The molecule has 2 heterocycles. The molecule has 0 radical (unpaired) electrons. The van der Waals surface area contributed by atoms with Gasteiger partial charge in [-0.05, 0) is 48.9 Å². The third-order valence-electron chi connectivity index (χ3n) is 4.72. The molecule has 138 valence electrons. The second kappa shape index (κ2) is 9.92. The molecule has 0 unspecified atom stereocenters. The van der Waals surface area contributed by atoms with Crippen molar-refractivity contribution < 1.29 is 9.53 Å². The maximum atomic E-state index is 12.5. The number of carbonyl (C=O) groups is 1. The molecule has 1 saturated heterocycles. The van der Waals surface area contributed by atoms with Crippen molar-refractivity contribution in [3.05, 3.63) is 66.0 Å². The molecule has 1 atom stereocenters. The van der Waals surface area contributed by atoms with Crippen LogP contribution in [-0.4, -0.2) is 42.2 Å². The molecule has 3 rings (SSSR count). The number of urea groups is 1. The van der Waals surface area contributed by atoms with Gasteiger partial charge in [-0.15, -0.1) is 0 Å². The number of pyridine rings is 1. The predicted molar refractivity (Wildman–Crippen MR) is 102 cm³/mol. The van der Waals surface area contributed by atoms with E-state index in [1.165, 1.54) is 5.56 Å². The SMILES string of the molecule is O=C(NCCCOCCc1ccccc1)N1CCC[C@H]1c1ccncc1. The van der Waals surface area contributed by atoms with Gasteiger partial charge in [0.25, 0.3) is 0 Å². The minimum absolute atomic E-state index is 0.0218. The van der Waals surface area contributed by atoms with Crippen LogP contribution in [0.3, 0.4) is 0 Å². The maximum Gasteiger partial charge on any atom is 0.317 e. The van der Waals surface area contributed by atoms with Crippen LogP contribution in [0.5, 0.6) is 0 Å². The fraction of sp³-hybridized carbons (Fsp3) is 0.429. The lowest BCUT2D eigenvalue weighted by Gasteiger charge is -2.25. The zero-order valence-electron chi connectivity index (χ0n) is 15.1. The average molecular weight is 353 g/mol. The zero-order chi connectivity index (χ0) is 18.0. The standard InChI is InChI=1S/C21H27N3O2/c25-21(24-15-4-8-20(24)19-9-13-22-14-10-19)23-12-5-16-26-17-11-18-6-2-1-3-7-18/h1-3,6-7,9-10,13-14,20H,4-5,8,11-12,15-17H2,(H,23,25)/t20-/m0/s1. The van der Waals surface area contributed by atoms with Crippen molar-refractivity contribution in [1.82, 2.24) is 15.2 Å². The first-order valence-electron chi connectivity index (χ1n) is 9.40. The van der Waals surface area contributed by atoms with Gasteiger partial charge in [-0.3, -0.25) is 4.98 Å². The van der Waals surface area contributed by atoms with Crippen LogP contribution in [0.4, 0.5) is 4.79 Å². The lowest BCUT2D eigenvalue weighted by Crippen LogP contribution is -2.40. The number of amides is 2. The smallest absolute Gasteiger partial charge is 0.317 e. The van der Waals surface area contributed by atoms with Crippen LogP contribution in [0.15, 0.2) is 54.9 Å². The van der Waals surface area contributed by atoms with E-state index in [9.17, 15) is 4.79 Å². The highest BCUT2D eigenvalue weighted by Gasteiger charge is 2.29. The summed E-state index contributed by atoms with van der Waals surface area (Å²) in [5, 5.41) is 3.02. The molecule has 1 fully saturated rings. The Bertz CT molecular complexity index is 663. The summed E-state index contributed by atoms with van der Waals surface area (Å²) >= 11 is 0. The third kappa shape index (κ3) is 5.30. The fourth-order valence-corrected chi connectivity index (χ4v) is 3.35. The second-order valence-electron chi connectivity index (χ2n) is 6.57. The van der Waals surface area contributed by atoms with Crippen molar-refractivity contribution in [3.8, 4) is 0 Å². The molecular formula is C21H27N3O2. The highest BCUT2D eigenvalue weighted by atomic mass is 16.5. The summed E-state index contributed by atoms with van der Waals surface area (Å²) in [5.74, 6) is 0. The number of aromatic nitrogens is 1. The molecule has 1 N–H and O–H groups in total. The number of ether oxygens (including phenoxy) is 1. The number of likely N-dealkylation sites (tertiary alicyclic amines) is 1. The summed E-state index contributed by atoms with van der Waals surface area (Å²) < 4.78 is 5.66. The van der Waals surface area contributed by atoms with Crippen LogP contribution in [0, 0.1) is 0 Å². The van der Waals surface area contributed by atoms with E-state index in [0.717, 1.165) is 37.8 Å². The van der Waals surface area contributed by atoms with E-state index in [4.69, 9.17) is 4.74 Å². The van der Waals surface area contributed by atoms with Gasteiger partial charge in [0.2, 0.25) is 0 Å². The van der Waals surface area contributed by atoms with Crippen LogP contribution in [0.2, 0.25) is 0 Å². The van der Waals surface area contributed by atoms with E-state index in [-0.39, 0.29) is 12.1 Å². The van der Waals surface area contributed by atoms with E-state index in [2.05, 4.69) is 22.4 Å². The number of benzene rings is 1. The fourth-order valence-electron chi connectivity index (χ4n) is 3.35. The minimum Gasteiger partial charge on any atom is -0.381 e. The van der Waals surface area contributed by atoms with Gasteiger partial charge in [-0.25, -0.2) is 4.79 Å². The van der Waals surface area contributed by atoms with Gasteiger partial charge in [0.1, 0.15) is 0 Å². The predicted octanol–water partition coefficient (Wildman–Crippen LogP) is 3.58. The topological polar surface area (TPSA) is 54.5 Å². The Morgan fingerprint density at radius 1 is 1.15 bits per heavy atom. The van der Waals surface area contributed by atoms with Crippen LogP contribution in [-0.2, 0) is 11.2 Å². The molecule has 1 aromatic heterocycles. The molecule has 0 saturated carbocycles. The van der Waals surface area contributed by atoms with Gasteiger partial charge in [0.15, 0.2) is 0 Å². The van der Waals surface area contributed by atoms with Crippen molar-refractivity contribution in [2.45, 2.75) is 31.7 Å². The summed E-state index contributed by atoms with van der Waals surface area (Å²) in [5.41, 5.74) is 2.45. The van der Waals surface area contributed by atoms with Crippen LogP contribution in [0.1, 0.15) is 36.4 Å². The molecule has 1 aromatic carbocycles. The molecule has 5 nitrogen and oxygen atoms in total. The summed E-state index contributed by atoms with van der Waals surface area (Å²) in [6.45, 7) is 2.84. The van der Waals surface area contributed by atoms with Gasteiger partial charge in [-0.1, -0.05) is 30.3 Å². The van der Waals surface area contributed by atoms with Gasteiger partial charge >= 0.3 is 6.03 Å². The summed E-state index contributed by atoms with van der Waals surface area (Å²) in [4.78, 5) is 18.5. The molecular weight excluding hydrogens is 326 g/mol. The molecule has 5 heteroatoms. The Morgan fingerprint density at radius 2 is 1.96 bits per heavy atom. The second-order valence-corrected chi connectivity index (χ2v) is 6.57. The number of hydrogen-bond donors (Lipinski definition) is 1. The van der Waals surface area contributed by atoms with Crippen LogP contribution >= 0.6 is 0 Å². The lowest BCUT2D eigenvalue weighted by atomic mass is 10.1. The van der Waals surface area contributed by atoms with Gasteiger partial charge < -0.3 is 15.0 Å². The van der Waals surface area contributed by atoms with Crippen LogP contribution in [0.25, 0.3) is 0 Å². The molecule has 2 aromatic rings. The van der Waals surface area contributed by atoms with Crippen LogP contribution < -0.4 is 5.32 Å². The first kappa shape index (κ1) is 18.4. The first-order valence-corrected chi connectivity index (χ1v) is 9.40. The summed E-state index contributed by atoms with van der Waals surface area (Å²) in [7, 11) is 0. The van der Waals surface area contributed by atoms with Crippen molar-refractivity contribution in [1.29, 1.82) is 0 Å². The summed E-state index contributed by atoms with van der Waals surface area (Å²) in [6, 6.07) is 14.5. The maximum absolute atomic E-state index is 12.5. The Morgan fingerprint density at radius 3 is 2.77 bits per heavy atom. The van der Waals surface area contributed by atoms with E-state index in [1.807, 2.05) is 35.2 Å². The Hall–Kier alpha value is -2.40. The molecule has 1 aliphatic heterocycles. The van der Waals surface area contributed by atoms with E-state index in [1.54, 1.807) is 12.4 Å². The monoisotopic (exact) mass is 353 g/mol. The number of hydrogen-bond acceptors (Lipinski definition) is 3. The molecule has 2 amide bonds. The largest absolute Gasteiger partial charge is 0.381 e. The molecule has 0 aliphatic carbocycles. The molecule has 1 aliphatic rings. The number of carbonyl (C=O) groups excluding carboxylic acids is 1. The number of nitrogens with zero attached hydrogens (tertiary/aromatic N) is 2. The quantitative estimate of drug-likeness (QED) is 0.738. The third-order valence-corrected chi connectivity index (χ3v) is 4.72. The minimum atomic E-state index is 0.0218. The van der Waals surface area contributed by atoms with Gasteiger partial charge in [-0.2, -0.15) is 0 Å². The van der Waals surface area contributed by atoms with E-state index < -0.39 is 0 Å². The van der Waals surface area contributed by atoms with E-state index >= 15 is 0 Å². The number of rotatable bonds is 8.